The number of thiophene rings is 1. The topological polar surface area (TPSA) is 56.7 Å². The van der Waals surface area contributed by atoms with Crippen LogP contribution in [0, 0.1) is 0 Å². The van der Waals surface area contributed by atoms with Crippen LogP contribution in [0.25, 0.3) is 10.7 Å². The van der Waals surface area contributed by atoms with Crippen LogP contribution in [0.3, 0.4) is 0 Å². The van der Waals surface area contributed by atoms with Gasteiger partial charge in [-0.15, -0.1) is 16.4 Å². The van der Waals surface area contributed by atoms with E-state index >= 15 is 0 Å². The van der Waals surface area contributed by atoms with Crippen molar-refractivity contribution in [3.63, 3.8) is 0 Å². The van der Waals surface area contributed by atoms with Crippen molar-refractivity contribution in [3.8, 4) is 10.7 Å². The second kappa shape index (κ2) is 3.12. The summed E-state index contributed by atoms with van der Waals surface area (Å²) in [5.74, 6) is 1.09. The summed E-state index contributed by atoms with van der Waals surface area (Å²) in [6.07, 6.45) is 0. The summed E-state index contributed by atoms with van der Waals surface area (Å²) >= 11 is 5.00. The fourth-order valence-electron chi connectivity index (χ4n) is 0.946. The van der Waals surface area contributed by atoms with Gasteiger partial charge in [-0.2, -0.15) is 4.98 Å². The first kappa shape index (κ1) is 8.71. The Kier molecular flexibility index (Phi) is 2.09. The predicted molar refractivity (Wildman–Crippen MR) is 56.4 cm³/mol. The van der Waals surface area contributed by atoms with Crippen molar-refractivity contribution in [1.82, 2.24) is 14.8 Å². The molecule has 0 saturated heterocycles. The minimum absolute atomic E-state index is 0.426. The second-order valence-electron chi connectivity index (χ2n) is 2.51. The molecule has 2 heterocycles. The molecule has 13 heavy (non-hydrogen) atoms. The van der Waals surface area contributed by atoms with E-state index in [0.29, 0.717) is 11.8 Å². The van der Waals surface area contributed by atoms with E-state index in [2.05, 4.69) is 26.0 Å². The van der Waals surface area contributed by atoms with E-state index in [1.165, 1.54) is 0 Å². The summed E-state index contributed by atoms with van der Waals surface area (Å²) in [7, 11) is 1.77. The summed E-state index contributed by atoms with van der Waals surface area (Å²) in [5.41, 5.74) is 5.58. The minimum Gasteiger partial charge on any atom is -0.368 e. The average molecular weight is 259 g/mol. The van der Waals surface area contributed by atoms with Gasteiger partial charge in [-0.25, -0.2) is 4.68 Å². The third-order valence-electron chi connectivity index (χ3n) is 1.62. The van der Waals surface area contributed by atoms with Crippen LogP contribution in [-0.2, 0) is 7.05 Å². The highest BCUT2D eigenvalue weighted by molar-refractivity contribution is 9.10. The summed E-state index contributed by atoms with van der Waals surface area (Å²) in [6.45, 7) is 0. The van der Waals surface area contributed by atoms with Crippen molar-refractivity contribution in [2.24, 2.45) is 7.05 Å². The van der Waals surface area contributed by atoms with Crippen LogP contribution in [0.5, 0.6) is 0 Å². The molecule has 2 aromatic heterocycles. The number of anilines is 1. The van der Waals surface area contributed by atoms with Crippen molar-refractivity contribution in [2.45, 2.75) is 0 Å². The molecule has 0 unspecified atom stereocenters. The molecule has 0 fully saturated rings. The van der Waals surface area contributed by atoms with Gasteiger partial charge in [-0.05, 0) is 27.4 Å². The van der Waals surface area contributed by atoms with Crippen LogP contribution in [0.15, 0.2) is 15.9 Å². The smallest absolute Gasteiger partial charge is 0.218 e. The zero-order chi connectivity index (χ0) is 9.42. The van der Waals surface area contributed by atoms with Gasteiger partial charge in [-0.3, -0.25) is 0 Å². The lowest BCUT2D eigenvalue weighted by atomic mass is 10.4. The van der Waals surface area contributed by atoms with Crippen molar-refractivity contribution >= 4 is 33.2 Å². The van der Waals surface area contributed by atoms with Crippen LogP contribution in [0.4, 0.5) is 5.95 Å². The lowest BCUT2D eigenvalue weighted by Crippen LogP contribution is -1.97. The van der Waals surface area contributed by atoms with E-state index in [1.807, 2.05) is 11.4 Å². The Bertz CT molecular complexity index is 414. The Morgan fingerprint density at radius 1 is 1.62 bits per heavy atom. The van der Waals surface area contributed by atoms with Crippen LogP contribution in [-0.4, -0.2) is 14.8 Å². The minimum atomic E-state index is 0.426. The van der Waals surface area contributed by atoms with E-state index in [-0.39, 0.29) is 0 Å². The second-order valence-corrected chi connectivity index (χ2v) is 4.29. The first-order chi connectivity index (χ1) is 6.18. The maximum atomic E-state index is 5.58. The van der Waals surface area contributed by atoms with Gasteiger partial charge in [0.15, 0.2) is 5.82 Å². The number of rotatable bonds is 1. The third kappa shape index (κ3) is 1.47. The van der Waals surface area contributed by atoms with Gasteiger partial charge in [0.05, 0.1) is 4.88 Å². The molecule has 0 aliphatic rings. The quantitative estimate of drug-likeness (QED) is 0.850. The number of nitrogens with zero attached hydrogens (tertiary/aromatic N) is 3. The lowest BCUT2D eigenvalue weighted by molar-refractivity contribution is 0.781. The average Bonchev–Trinajstić information content (AvgIpc) is 2.60. The molecule has 0 saturated carbocycles. The third-order valence-corrected chi connectivity index (χ3v) is 3.45. The molecule has 68 valence electrons. The highest BCUT2D eigenvalue weighted by Crippen LogP contribution is 2.31. The number of aryl methyl sites for hydroxylation is 1. The molecule has 6 heteroatoms. The molecule has 0 spiro atoms. The monoisotopic (exact) mass is 258 g/mol. The number of hydrogen-bond acceptors (Lipinski definition) is 4. The van der Waals surface area contributed by atoms with Gasteiger partial charge >= 0.3 is 0 Å². The maximum absolute atomic E-state index is 5.58. The highest BCUT2D eigenvalue weighted by atomic mass is 79.9. The normalized spacial score (nSPS) is 10.6. The first-order valence-electron chi connectivity index (χ1n) is 3.58. The molecule has 0 radical (unpaired) electrons. The Morgan fingerprint density at radius 3 is 2.85 bits per heavy atom. The van der Waals surface area contributed by atoms with E-state index in [1.54, 1.807) is 23.1 Å². The maximum Gasteiger partial charge on any atom is 0.218 e. The van der Waals surface area contributed by atoms with Gasteiger partial charge in [0.1, 0.15) is 0 Å². The summed E-state index contributed by atoms with van der Waals surface area (Å²) in [5, 5.41) is 6.15. The van der Waals surface area contributed by atoms with Gasteiger partial charge in [0, 0.05) is 11.5 Å². The lowest BCUT2D eigenvalue weighted by Gasteiger charge is -1.88. The predicted octanol–water partition coefficient (Wildman–Crippen LogP) is 1.89. The fraction of sp³-hybridized carbons (Fsp3) is 0.143. The van der Waals surface area contributed by atoms with E-state index < -0.39 is 0 Å². The van der Waals surface area contributed by atoms with Crippen molar-refractivity contribution in [2.75, 3.05) is 5.73 Å². The number of aromatic nitrogens is 3. The molecule has 2 rings (SSSR count). The Balaban J connectivity index is 2.53. The Morgan fingerprint density at radius 2 is 2.38 bits per heavy atom. The zero-order valence-corrected chi connectivity index (χ0v) is 9.26. The SMILES string of the molecule is Cn1nc(-c2sccc2Br)nc1N. The molecule has 2 N–H and O–H groups in total. The van der Waals surface area contributed by atoms with Crippen LogP contribution in [0.2, 0.25) is 0 Å². The van der Waals surface area contributed by atoms with E-state index in [9.17, 15) is 0 Å². The summed E-state index contributed by atoms with van der Waals surface area (Å²) in [6, 6.07) is 1.96. The molecule has 0 aliphatic heterocycles. The van der Waals surface area contributed by atoms with Gasteiger partial charge in [-0.1, -0.05) is 0 Å². The van der Waals surface area contributed by atoms with Gasteiger partial charge in [0.25, 0.3) is 0 Å². The Labute approximate surface area is 87.5 Å². The van der Waals surface area contributed by atoms with Crippen molar-refractivity contribution in [3.05, 3.63) is 15.9 Å². The van der Waals surface area contributed by atoms with Crippen LogP contribution in [0.1, 0.15) is 0 Å². The van der Waals surface area contributed by atoms with Crippen LogP contribution < -0.4 is 5.73 Å². The first-order valence-corrected chi connectivity index (χ1v) is 5.25. The molecule has 2 aromatic rings. The Hall–Kier alpha value is -0.880. The largest absolute Gasteiger partial charge is 0.368 e. The number of nitrogens with two attached hydrogens (primary N) is 1. The zero-order valence-electron chi connectivity index (χ0n) is 6.86. The molecule has 0 bridgehead atoms. The number of halogens is 1. The van der Waals surface area contributed by atoms with Crippen molar-refractivity contribution in [1.29, 1.82) is 0 Å². The molecular formula is C7H7BrN4S. The van der Waals surface area contributed by atoms with E-state index in [4.69, 9.17) is 5.73 Å². The molecular weight excluding hydrogens is 252 g/mol. The molecule has 0 amide bonds. The fourth-order valence-corrected chi connectivity index (χ4v) is 2.42. The van der Waals surface area contributed by atoms with Gasteiger partial charge < -0.3 is 5.73 Å². The van der Waals surface area contributed by atoms with Crippen LogP contribution >= 0.6 is 27.3 Å². The van der Waals surface area contributed by atoms with E-state index in [0.717, 1.165) is 9.35 Å². The number of hydrogen-bond donors (Lipinski definition) is 1. The summed E-state index contributed by atoms with van der Waals surface area (Å²) in [4.78, 5) is 5.13. The molecule has 4 nitrogen and oxygen atoms in total. The van der Waals surface area contributed by atoms with Gasteiger partial charge in [0.2, 0.25) is 5.95 Å². The molecule has 0 aromatic carbocycles. The van der Waals surface area contributed by atoms with Crippen molar-refractivity contribution < 1.29 is 0 Å². The highest BCUT2D eigenvalue weighted by Gasteiger charge is 2.10. The summed E-state index contributed by atoms with van der Waals surface area (Å²) < 4.78 is 2.56. The molecule has 0 aliphatic carbocycles. The standard InChI is InChI=1S/C7H7BrN4S/c1-12-7(9)10-6(11-12)5-4(8)2-3-13-5/h2-3H,1H3,(H2,9,10,11). The molecule has 0 atom stereocenters. The number of nitrogen functional groups attached to an aromatic ring is 1.